The van der Waals surface area contributed by atoms with Crippen molar-refractivity contribution in [1.82, 2.24) is 15.2 Å². The average Bonchev–Trinajstić information content (AvgIpc) is 2.66. The number of H-pyrrole nitrogens is 1. The van der Waals surface area contributed by atoms with Gasteiger partial charge >= 0.3 is 5.97 Å². The molecule has 0 atom stereocenters. The fourth-order valence-corrected chi connectivity index (χ4v) is 2.95. The standard InChI is InChI=1S/C8H12N4O2S/c9-7-10-5(11-12-7)8(6(13)14)1-3-15-4-2-8/h1-4H2,(H,13,14)(H3,9,10,11,12). The molecule has 0 amide bonds. The zero-order valence-corrected chi connectivity index (χ0v) is 8.88. The summed E-state index contributed by atoms with van der Waals surface area (Å²) in [5, 5.41) is 15.6. The van der Waals surface area contributed by atoms with Crippen molar-refractivity contribution < 1.29 is 9.90 Å². The number of aromatic nitrogens is 3. The minimum atomic E-state index is -0.921. The van der Waals surface area contributed by atoms with Gasteiger partial charge in [0.2, 0.25) is 5.95 Å². The van der Waals surface area contributed by atoms with E-state index in [1.165, 1.54) is 0 Å². The summed E-state index contributed by atoms with van der Waals surface area (Å²) < 4.78 is 0. The van der Waals surface area contributed by atoms with Gasteiger partial charge in [-0.05, 0) is 24.3 Å². The molecule has 7 heteroatoms. The van der Waals surface area contributed by atoms with Crippen LogP contribution in [0, 0.1) is 0 Å². The monoisotopic (exact) mass is 228 g/mol. The number of anilines is 1. The number of hydrogen-bond donors (Lipinski definition) is 3. The topological polar surface area (TPSA) is 105 Å². The fraction of sp³-hybridized carbons (Fsp3) is 0.625. The van der Waals surface area contributed by atoms with E-state index in [-0.39, 0.29) is 5.95 Å². The van der Waals surface area contributed by atoms with Gasteiger partial charge in [-0.1, -0.05) is 0 Å². The lowest BCUT2D eigenvalue weighted by Gasteiger charge is -2.30. The SMILES string of the molecule is Nc1n[nH]c(C2(C(=O)O)CCSCC2)n1. The first-order valence-corrected chi connectivity index (χ1v) is 5.80. The Morgan fingerprint density at radius 1 is 1.53 bits per heavy atom. The molecule has 0 aromatic carbocycles. The molecule has 1 aromatic heterocycles. The lowest BCUT2D eigenvalue weighted by Crippen LogP contribution is -2.40. The largest absolute Gasteiger partial charge is 0.480 e. The van der Waals surface area contributed by atoms with E-state index in [0.717, 1.165) is 11.5 Å². The summed E-state index contributed by atoms with van der Waals surface area (Å²) in [7, 11) is 0. The minimum absolute atomic E-state index is 0.101. The molecule has 6 nitrogen and oxygen atoms in total. The molecular weight excluding hydrogens is 216 g/mol. The molecule has 0 saturated carbocycles. The summed E-state index contributed by atoms with van der Waals surface area (Å²) in [6.07, 6.45) is 1.14. The maximum atomic E-state index is 11.3. The Balaban J connectivity index is 2.37. The number of thioether (sulfide) groups is 1. The van der Waals surface area contributed by atoms with E-state index in [1.54, 1.807) is 11.8 Å². The van der Waals surface area contributed by atoms with Crippen molar-refractivity contribution >= 4 is 23.7 Å². The summed E-state index contributed by atoms with van der Waals surface area (Å²) in [5.41, 5.74) is 4.47. The Labute approximate surface area is 90.7 Å². The van der Waals surface area contributed by atoms with E-state index >= 15 is 0 Å². The second-order valence-electron chi connectivity index (χ2n) is 3.54. The van der Waals surface area contributed by atoms with Crippen LogP contribution < -0.4 is 5.73 Å². The Hall–Kier alpha value is -1.24. The van der Waals surface area contributed by atoms with Crippen LogP contribution in [0.15, 0.2) is 0 Å². The zero-order valence-electron chi connectivity index (χ0n) is 8.06. The molecule has 1 aliphatic heterocycles. The van der Waals surface area contributed by atoms with Crippen LogP contribution in [0.4, 0.5) is 5.95 Å². The number of carboxylic acid groups (broad SMARTS) is 1. The lowest BCUT2D eigenvalue weighted by molar-refractivity contribution is -0.144. The third-order valence-corrected chi connectivity index (χ3v) is 3.70. The molecular formula is C8H12N4O2S. The lowest BCUT2D eigenvalue weighted by atomic mass is 9.81. The molecule has 1 aliphatic rings. The van der Waals surface area contributed by atoms with Crippen molar-refractivity contribution in [2.24, 2.45) is 0 Å². The van der Waals surface area contributed by atoms with Gasteiger partial charge in [-0.3, -0.25) is 9.89 Å². The predicted octanol–water partition coefficient (Wildman–Crippen LogP) is 0.236. The van der Waals surface area contributed by atoms with Crippen LogP contribution >= 0.6 is 11.8 Å². The molecule has 0 bridgehead atoms. The van der Waals surface area contributed by atoms with Crippen molar-refractivity contribution in [3.8, 4) is 0 Å². The third kappa shape index (κ3) is 1.67. The molecule has 1 fully saturated rings. The predicted molar refractivity (Wildman–Crippen MR) is 56.7 cm³/mol. The van der Waals surface area contributed by atoms with E-state index in [1.807, 2.05) is 0 Å². The minimum Gasteiger partial charge on any atom is -0.480 e. The van der Waals surface area contributed by atoms with Crippen LogP contribution in [0.25, 0.3) is 0 Å². The molecule has 4 N–H and O–H groups in total. The molecule has 82 valence electrons. The average molecular weight is 228 g/mol. The maximum absolute atomic E-state index is 11.3. The van der Waals surface area contributed by atoms with Crippen LogP contribution in [0.1, 0.15) is 18.7 Å². The third-order valence-electron chi connectivity index (χ3n) is 2.71. The van der Waals surface area contributed by atoms with Crippen molar-refractivity contribution in [3.63, 3.8) is 0 Å². The number of hydrogen-bond acceptors (Lipinski definition) is 5. The number of nitrogens with two attached hydrogens (primary N) is 1. The summed E-state index contributed by atoms with van der Waals surface area (Å²) in [6.45, 7) is 0. The summed E-state index contributed by atoms with van der Waals surface area (Å²) in [4.78, 5) is 15.3. The van der Waals surface area contributed by atoms with Gasteiger partial charge in [-0.25, -0.2) is 0 Å². The Morgan fingerprint density at radius 2 is 2.20 bits per heavy atom. The van der Waals surface area contributed by atoms with Gasteiger partial charge in [0.1, 0.15) is 11.2 Å². The van der Waals surface area contributed by atoms with E-state index in [9.17, 15) is 9.90 Å². The first kappa shape index (κ1) is 10.3. The van der Waals surface area contributed by atoms with Gasteiger partial charge in [-0.15, -0.1) is 5.10 Å². The van der Waals surface area contributed by atoms with E-state index in [2.05, 4.69) is 15.2 Å². The summed E-state index contributed by atoms with van der Waals surface area (Å²) in [5.74, 6) is 1.29. The molecule has 0 aliphatic carbocycles. The number of carbonyl (C=O) groups is 1. The molecule has 2 heterocycles. The Bertz CT molecular complexity index is 372. The molecule has 0 radical (unpaired) electrons. The maximum Gasteiger partial charge on any atom is 0.317 e. The highest BCUT2D eigenvalue weighted by Crippen LogP contribution is 2.36. The molecule has 2 rings (SSSR count). The van der Waals surface area contributed by atoms with E-state index in [0.29, 0.717) is 18.7 Å². The van der Waals surface area contributed by atoms with Gasteiger partial charge < -0.3 is 10.8 Å². The summed E-state index contributed by atoms with van der Waals surface area (Å²) >= 11 is 1.76. The number of nitrogens with one attached hydrogen (secondary N) is 1. The van der Waals surface area contributed by atoms with Crippen molar-refractivity contribution in [2.75, 3.05) is 17.2 Å². The van der Waals surface area contributed by atoms with Gasteiger partial charge in [0, 0.05) is 0 Å². The Kier molecular flexibility index (Phi) is 2.56. The molecule has 0 spiro atoms. The molecule has 0 unspecified atom stereocenters. The summed E-state index contributed by atoms with van der Waals surface area (Å²) in [6, 6.07) is 0. The van der Waals surface area contributed by atoms with Gasteiger partial charge in [0.25, 0.3) is 0 Å². The first-order valence-electron chi connectivity index (χ1n) is 4.65. The quantitative estimate of drug-likeness (QED) is 0.669. The molecule has 1 aromatic rings. The van der Waals surface area contributed by atoms with Gasteiger partial charge in [-0.2, -0.15) is 16.7 Å². The van der Waals surface area contributed by atoms with Crippen LogP contribution in [0.3, 0.4) is 0 Å². The van der Waals surface area contributed by atoms with Crippen LogP contribution in [-0.2, 0) is 10.2 Å². The van der Waals surface area contributed by atoms with Crippen molar-refractivity contribution in [3.05, 3.63) is 5.82 Å². The highest BCUT2D eigenvalue weighted by molar-refractivity contribution is 7.99. The fourth-order valence-electron chi connectivity index (χ4n) is 1.76. The van der Waals surface area contributed by atoms with Gasteiger partial charge in [0.15, 0.2) is 0 Å². The molecule has 1 saturated heterocycles. The number of rotatable bonds is 2. The molecule has 15 heavy (non-hydrogen) atoms. The number of carboxylic acids is 1. The second-order valence-corrected chi connectivity index (χ2v) is 4.77. The van der Waals surface area contributed by atoms with Crippen LogP contribution in [0.5, 0.6) is 0 Å². The van der Waals surface area contributed by atoms with Gasteiger partial charge in [0.05, 0.1) is 0 Å². The normalized spacial score (nSPS) is 20.0. The van der Waals surface area contributed by atoms with Crippen molar-refractivity contribution in [1.29, 1.82) is 0 Å². The van der Waals surface area contributed by atoms with Crippen molar-refractivity contribution in [2.45, 2.75) is 18.3 Å². The second kappa shape index (κ2) is 3.73. The van der Waals surface area contributed by atoms with E-state index in [4.69, 9.17) is 5.73 Å². The number of aliphatic carboxylic acids is 1. The highest BCUT2D eigenvalue weighted by atomic mass is 32.2. The zero-order chi connectivity index (χ0) is 10.9. The van der Waals surface area contributed by atoms with Crippen LogP contribution in [-0.4, -0.2) is 37.8 Å². The van der Waals surface area contributed by atoms with E-state index < -0.39 is 11.4 Å². The Morgan fingerprint density at radius 3 is 2.67 bits per heavy atom. The highest BCUT2D eigenvalue weighted by Gasteiger charge is 2.44. The first-order chi connectivity index (χ1) is 7.15. The number of aromatic amines is 1. The van der Waals surface area contributed by atoms with Crippen LogP contribution in [0.2, 0.25) is 0 Å². The number of nitrogen functional groups attached to an aromatic ring is 1. The smallest absolute Gasteiger partial charge is 0.317 e. The number of nitrogens with zero attached hydrogens (tertiary/aromatic N) is 2.